The van der Waals surface area contributed by atoms with Crippen molar-refractivity contribution in [3.8, 4) is 5.75 Å². The molecule has 0 saturated heterocycles. The number of nitrogens with zero attached hydrogens (tertiary/aromatic N) is 1. The molecular formula is C18H16N2O2S. The van der Waals surface area contributed by atoms with Crippen molar-refractivity contribution in [1.82, 2.24) is 4.98 Å². The number of hydrogen-bond acceptors (Lipinski definition) is 4. The van der Waals surface area contributed by atoms with Crippen LogP contribution in [0.1, 0.15) is 21.6 Å². The summed E-state index contributed by atoms with van der Waals surface area (Å²) in [5, 5.41) is 4.86. The van der Waals surface area contributed by atoms with Crippen molar-refractivity contribution in [2.45, 2.75) is 13.5 Å². The van der Waals surface area contributed by atoms with Crippen LogP contribution in [0.4, 0.5) is 5.69 Å². The Bertz CT molecular complexity index is 783. The molecule has 0 aliphatic rings. The molecule has 0 bridgehead atoms. The molecule has 0 aliphatic heterocycles. The molecule has 0 fully saturated rings. The van der Waals surface area contributed by atoms with Crippen molar-refractivity contribution >= 4 is 22.9 Å². The van der Waals surface area contributed by atoms with Gasteiger partial charge in [0.25, 0.3) is 5.91 Å². The summed E-state index contributed by atoms with van der Waals surface area (Å²) < 4.78 is 5.63. The third-order valence-corrected chi connectivity index (χ3v) is 4.02. The molecule has 116 valence electrons. The largest absolute Gasteiger partial charge is 0.487 e. The molecule has 0 aliphatic carbocycles. The van der Waals surface area contributed by atoms with E-state index in [-0.39, 0.29) is 5.91 Å². The molecule has 1 heterocycles. The maximum Gasteiger partial charge on any atom is 0.255 e. The van der Waals surface area contributed by atoms with Crippen LogP contribution in [0, 0.1) is 6.92 Å². The summed E-state index contributed by atoms with van der Waals surface area (Å²) in [6.45, 7) is 2.39. The van der Waals surface area contributed by atoms with Crippen LogP contribution in [0.2, 0.25) is 0 Å². The van der Waals surface area contributed by atoms with E-state index >= 15 is 0 Å². The number of nitrogens with one attached hydrogen (secondary N) is 1. The van der Waals surface area contributed by atoms with E-state index in [1.807, 2.05) is 36.6 Å². The number of hydrogen-bond donors (Lipinski definition) is 1. The normalized spacial score (nSPS) is 10.3. The zero-order chi connectivity index (χ0) is 16.1. The SMILES string of the molecule is Cc1ccccc1NC(=O)c1ccc(OCc2cscn2)cc1. The van der Waals surface area contributed by atoms with Gasteiger partial charge in [0.15, 0.2) is 0 Å². The van der Waals surface area contributed by atoms with Gasteiger partial charge in [-0.1, -0.05) is 18.2 Å². The van der Waals surface area contributed by atoms with Crippen LogP contribution in [-0.4, -0.2) is 10.9 Å². The minimum absolute atomic E-state index is 0.134. The Kier molecular flexibility index (Phi) is 4.68. The molecule has 1 aromatic heterocycles. The zero-order valence-electron chi connectivity index (χ0n) is 12.7. The predicted octanol–water partition coefficient (Wildman–Crippen LogP) is 4.28. The van der Waals surface area contributed by atoms with E-state index in [9.17, 15) is 4.79 Å². The van der Waals surface area contributed by atoms with E-state index in [0.717, 1.165) is 16.9 Å². The smallest absolute Gasteiger partial charge is 0.255 e. The lowest BCUT2D eigenvalue weighted by atomic mass is 10.1. The lowest BCUT2D eigenvalue weighted by Crippen LogP contribution is -2.12. The molecule has 2 aromatic carbocycles. The first-order chi connectivity index (χ1) is 11.2. The summed E-state index contributed by atoms with van der Waals surface area (Å²) in [4.78, 5) is 16.4. The van der Waals surface area contributed by atoms with Gasteiger partial charge < -0.3 is 10.1 Å². The molecular weight excluding hydrogens is 308 g/mol. The van der Waals surface area contributed by atoms with E-state index in [1.165, 1.54) is 11.3 Å². The highest BCUT2D eigenvalue weighted by atomic mass is 32.1. The monoisotopic (exact) mass is 324 g/mol. The highest BCUT2D eigenvalue weighted by Gasteiger charge is 2.07. The molecule has 3 rings (SSSR count). The third kappa shape index (κ3) is 3.96. The van der Waals surface area contributed by atoms with Gasteiger partial charge in [-0.25, -0.2) is 4.98 Å². The van der Waals surface area contributed by atoms with Crippen LogP contribution in [0.3, 0.4) is 0 Å². The van der Waals surface area contributed by atoms with Gasteiger partial charge in [-0.2, -0.15) is 0 Å². The van der Waals surface area contributed by atoms with E-state index in [4.69, 9.17) is 4.74 Å². The highest BCUT2D eigenvalue weighted by molar-refractivity contribution is 7.07. The van der Waals surface area contributed by atoms with Crippen molar-refractivity contribution in [1.29, 1.82) is 0 Å². The second-order valence-corrected chi connectivity index (χ2v) is 5.78. The van der Waals surface area contributed by atoms with E-state index in [1.54, 1.807) is 29.8 Å². The van der Waals surface area contributed by atoms with Gasteiger partial charge in [0.05, 0.1) is 11.2 Å². The number of carbonyl (C=O) groups excluding carboxylic acids is 1. The van der Waals surface area contributed by atoms with Crippen molar-refractivity contribution in [3.63, 3.8) is 0 Å². The van der Waals surface area contributed by atoms with Crippen molar-refractivity contribution in [3.05, 3.63) is 76.2 Å². The van der Waals surface area contributed by atoms with E-state index < -0.39 is 0 Å². The van der Waals surface area contributed by atoms with Crippen LogP contribution >= 0.6 is 11.3 Å². The third-order valence-electron chi connectivity index (χ3n) is 3.38. The Hall–Kier alpha value is -2.66. The molecule has 0 spiro atoms. The average molecular weight is 324 g/mol. The summed E-state index contributed by atoms with van der Waals surface area (Å²) in [7, 11) is 0. The Morgan fingerprint density at radius 1 is 1.17 bits per heavy atom. The summed E-state index contributed by atoms with van der Waals surface area (Å²) in [6.07, 6.45) is 0. The lowest BCUT2D eigenvalue weighted by Gasteiger charge is -2.09. The summed E-state index contributed by atoms with van der Waals surface area (Å²) in [5.41, 5.74) is 5.12. The topological polar surface area (TPSA) is 51.2 Å². The fourth-order valence-corrected chi connectivity index (χ4v) is 2.62. The average Bonchev–Trinajstić information content (AvgIpc) is 3.09. The summed E-state index contributed by atoms with van der Waals surface area (Å²) in [6, 6.07) is 14.8. The van der Waals surface area contributed by atoms with E-state index in [2.05, 4.69) is 10.3 Å². The minimum Gasteiger partial charge on any atom is -0.487 e. The molecule has 4 nitrogen and oxygen atoms in total. The summed E-state index contributed by atoms with van der Waals surface area (Å²) >= 11 is 1.54. The number of ether oxygens (including phenoxy) is 1. The van der Waals surface area contributed by atoms with Crippen LogP contribution in [0.5, 0.6) is 5.75 Å². The second-order valence-electron chi connectivity index (χ2n) is 5.06. The first-order valence-corrected chi connectivity index (χ1v) is 8.13. The van der Waals surface area contributed by atoms with E-state index in [0.29, 0.717) is 17.9 Å². The predicted molar refractivity (Wildman–Crippen MR) is 92.0 cm³/mol. The Morgan fingerprint density at radius 2 is 1.96 bits per heavy atom. The number of thiazole rings is 1. The standard InChI is InChI=1S/C18H16N2O2S/c1-13-4-2-3-5-17(13)20-18(21)14-6-8-16(9-7-14)22-10-15-11-23-12-19-15/h2-9,11-12H,10H2,1H3,(H,20,21). The second kappa shape index (κ2) is 7.07. The number of rotatable bonds is 5. The fraction of sp³-hybridized carbons (Fsp3) is 0.111. The summed E-state index contributed by atoms with van der Waals surface area (Å²) in [5.74, 6) is 0.579. The molecule has 0 saturated carbocycles. The lowest BCUT2D eigenvalue weighted by molar-refractivity contribution is 0.102. The van der Waals surface area contributed by atoms with Gasteiger partial charge in [-0.05, 0) is 42.8 Å². The van der Waals surface area contributed by atoms with Gasteiger partial charge in [-0.15, -0.1) is 11.3 Å². The molecule has 3 aromatic rings. The molecule has 1 amide bonds. The van der Waals surface area contributed by atoms with Crippen molar-refractivity contribution < 1.29 is 9.53 Å². The quantitative estimate of drug-likeness (QED) is 0.762. The molecule has 0 atom stereocenters. The fourth-order valence-electron chi connectivity index (χ4n) is 2.08. The first-order valence-electron chi connectivity index (χ1n) is 7.19. The van der Waals surface area contributed by atoms with Crippen LogP contribution < -0.4 is 10.1 Å². The molecule has 0 unspecified atom stereocenters. The van der Waals surface area contributed by atoms with Gasteiger partial charge in [0, 0.05) is 16.6 Å². The van der Waals surface area contributed by atoms with Gasteiger partial charge in [0.2, 0.25) is 0 Å². The van der Waals surface area contributed by atoms with Crippen LogP contribution in [0.25, 0.3) is 0 Å². The zero-order valence-corrected chi connectivity index (χ0v) is 13.5. The number of amides is 1. The number of anilines is 1. The minimum atomic E-state index is -0.134. The van der Waals surface area contributed by atoms with Gasteiger partial charge in [0.1, 0.15) is 12.4 Å². The maximum absolute atomic E-state index is 12.3. The Balaban J connectivity index is 1.62. The Morgan fingerprint density at radius 3 is 2.65 bits per heavy atom. The van der Waals surface area contributed by atoms with Crippen LogP contribution in [0.15, 0.2) is 59.4 Å². The van der Waals surface area contributed by atoms with Gasteiger partial charge in [-0.3, -0.25) is 4.79 Å². The Labute approximate surface area is 138 Å². The van der Waals surface area contributed by atoms with Crippen LogP contribution in [-0.2, 0) is 6.61 Å². The highest BCUT2D eigenvalue weighted by Crippen LogP contribution is 2.17. The number of benzene rings is 2. The number of aryl methyl sites for hydroxylation is 1. The number of aromatic nitrogens is 1. The molecule has 0 radical (unpaired) electrons. The molecule has 1 N–H and O–H groups in total. The first kappa shape index (κ1) is 15.2. The van der Waals surface area contributed by atoms with Gasteiger partial charge >= 0.3 is 0 Å². The number of para-hydroxylation sites is 1. The molecule has 5 heteroatoms. The molecule has 23 heavy (non-hydrogen) atoms. The maximum atomic E-state index is 12.3. The van der Waals surface area contributed by atoms with Crippen molar-refractivity contribution in [2.75, 3.05) is 5.32 Å². The van der Waals surface area contributed by atoms with Crippen molar-refractivity contribution in [2.24, 2.45) is 0 Å². The number of carbonyl (C=O) groups is 1.